The van der Waals surface area contributed by atoms with Crippen molar-refractivity contribution >= 4 is 5.91 Å². The van der Waals surface area contributed by atoms with Crippen LogP contribution in [0.2, 0.25) is 0 Å². The van der Waals surface area contributed by atoms with Crippen molar-refractivity contribution < 1.29 is 19.4 Å². The van der Waals surface area contributed by atoms with Crippen LogP contribution in [0.5, 0.6) is 11.5 Å². The number of piperidine rings is 1. The Labute approximate surface area is 119 Å². The van der Waals surface area contributed by atoms with E-state index in [0.717, 1.165) is 31.5 Å². The van der Waals surface area contributed by atoms with Crippen molar-refractivity contribution in [1.82, 2.24) is 4.90 Å². The number of rotatable bonds is 5. The lowest BCUT2D eigenvalue weighted by molar-refractivity contribution is -0.134. The van der Waals surface area contributed by atoms with Gasteiger partial charge in [-0.1, -0.05) is 6.07 Å². The molecule has 2 rings (SSSR count). The minimum absolute atomic E-state index is 0.00107. The second-order valence-electron chi connectivity index (χ2n) is 4.87. The summed E-state index contributed by atoms with van der Waals surface area (Å²) in [6.45, 7) is 1.57. The third-order valence-corrected chi connectivity index (χ3v) is 3.47. The SMILES string of the molecule is COc1ccc(CO)cc1OCC(=O)N1CCCCC1. The Morgan fingerprint density at radius 1 is 1.25 bits per heavy atom. The van der Waals surface area contributed by atoms with Gasteiger partial charge >= 0.3 is 0 Å². The van der Waals surface area contributed by atoms with Crippen LogP contribution < -0.4 is 9.47 Å². The van der Waals surface area contributed by atoms with E-state index >= 15 is 0 Å². The van der Waals surface area contributed by atoms with E-state index in [1.165, 1.54) is 6.42 Å². The number of carbonyl (C=O) groups is 1. The highest BCUT2D eigenvalue weighted by molar-refractivity contribution is 5.78. The molecule has 1 aromatic carbocycles. The van der Waals surface area contributed by atoms with E-state index in [-0.39, 0.29) is 19.1 Å². The lowest BCUT2D eigenvalue weighted by atomic mass is 10.1. The zero-order valence-electron chi connectivity index (χ0n) is 11.8. The number of nitrogens with zero attached hydrogens (tertiary/aromatic N) is 1. The number of benzene rings is 1. The molecule has 0 radical (unpaired) electrons. The molecule has 0 bridgehead atoms. The minimum Gasteiger partial charge on any atom is -0.493 e. The predicted octanol–water partition coefficient (Wildman–Crippen LogP) is 1.58. The van der Waals surface area contributed by atoms with Gasteiger partial charge in [0.1, 0.15) is 0 Å². The molecular formula is C15H21NO4. The molecule has 5 heteroatoms. The highest BCUT2D eigenvalue weighted by Crippen LogP contribution is 2.28. The standard InChI is InChI=1S/C15H21NO4/c1-19-13-6-5-12(10-17)9-14(13)20-11-15(18)16-7-3-2-4-8-16/h5-6,9,17H,2-4,7-8,10-11H2,1H3. The summed E-state index contributed by atoms with van der Waals surface area (Å²) in [5, 5.41) is 9.14. The van der Waals surface area contributed by atoms with Crippen LogP contribution in [0.1, 0.15) is 24.8 Å². The number of amides is 1. The van der Waals surface area contributed by atoms with Crippen LogP contribution in [0.3, 0.4) is 0 Å². The summed E-state index contributed by atoms with van der Waals surface area (Å²) in [5.41, 5.74) is 0.728. The zero-order valence-corrected chi connectivity index (χ0v) is 11.8. The Bertz CT molecular complexity index is 455. The van der Waals surface area contributed by atoms with Crippen LogP contribution in [-0.4, -0.2) is 42.7 Å². The fourth-order valence-electron chi connectivity index (χ4n) is 2.31. The molecule has 1 heterocycles. The average Bonchev–Trinajstić information content (AvgIpc) is 2.53. The van der Waals surface area contributed by atoms with Gasteiger partial charge in [0.25, 0.3) is 5.91 Å². The Morgan fingerprint density at radius 2 is 2.00 bits per heavy atom. The molecule has 1 N–H and O–H groups in total. The summed E-state index contributed by atoms with van der Waals surface area (Å²) >= 11 is 0. The maximum atomic E-state index is 12.0. The van der Waals surface area contributed by atoms with E-state index in [4.69, 9.17) is 14.6 Å². The van der Waals surface area contributed by atoms with Gasteiger partial charge in [-0.15, -0.1) is 0 Å². The van der Waals surface area contributed by atoms with Crippen molar-refractivity contribution in [1.29, 1.82) is 0 Å². The molecule has 0 saturated carbocycles. The zero-order chi connectivity index (χ0) is 14.4. The average molecular weight is 279 g/mol. The molecule has 0 spiro atoms. The fraction of sp³-hybridized carbons (Fsp3) is 0.533. The van der Waals surface area contributed by atoms with E-state index < -0.39 is 0 Å². The Balaban J connectivity index is 1.96. The maximum absolute atomic E-state index is 12.0. The number of ether oxygens (including phenoxy) is 2. The first-order valence-electron chi connectivity index (χ1n) is 6.93. The molecule has 1 aliphatic rings. The summed E-state index contributed by atoms with van der Waals surface area (Å²) in [6, 6.07) is 5.19. The highest BCUT2D eigenvalue weighted by Gasteiger charge is 2.17. The van der Waals surface area contributed by atoms with E-state index in [9.17, 15) is 4.79 Å². The van der Waals surface area contributed by atoms with Crippen molar-refractivity contribution in [3.63, 3.8) is 0 Å². The van der Waals surface area contributed by atoms with Gasteiger partial charge in [-0.2, -0.15) is 0 Å². The van der Waals surface area contributed by atoms with Gasteiger partial charge in [0.2, 0.25) is 0 Å². The number of carbonyl (C=O) groups excluding carboxylic acids is 1. The van der Waals surface area contributed by atoms with E-state index in [0.29, 0.717) is 11.5 Å². The minimum atomic E-state index is -0.0690. The van der Waals surface area contributed by atoms with Crippen molar-refractivity contribution in [2.75, 3.05) is 26.8 Å². The molecule has 0 unspecified atom stereocenters. The van der Waals surface area contributed by atoms with Gasteiger partial charge in [-0.05, 0) is 37.0 Å². The Morgan fingerprint density at radius 3 is 2.65 bits per heavy atom. The van der Waals surface area contributed by atoms with Gasteiger partial charge < -0.3 is 19.5 Å². The van der Waals surface area contributed by atoms with Gasteiger partial charge in [0, 0.05) is 13.1 Å². The largest absolute Gasteiger partial charge is 0.493 e. The fourth-order valence-corrected chi connectivity index (χ4v) is 2.31. The normalized spacial score (nSPS) is 15.0. The van der Waals surface area contributed by atoms with Gasteiger partial charge in [-0.3, -0.25) is 4.79 Å². The van der Waals surface area contributed by atoms with E-state index in [1.807, 2.05) is 4.90 Å². The van der Waals surface area contributed by atoms with Crippen LogP contribution in [0, 0.1) is 0 Å². The molecule has 1 saturated heterocycles. The van der Waals surface area contributed by atoms with Gasteiger partial charge in [0.15, 0.2) is 18.1 Å². The number of aliphatic hydroxyl groups is 1. The molecule has 1 aromatic rings. The number of hydrogen-bond acceptors (Lipinski definition) is 4. The first kappa shape index (κ1) is 14.7. The monoisotopic (exact) mass is 279 g/mol. The predicted molar refractivity (Wildman–Crippen MR) is 74.8 cm³/mol. The molecule has 0 aliphatic carbocycles. The number of methoxy groups -OCH3 is 1. The molecule has 1 aliphatic heterocycles. The molecule has 1 fully saturated rings. The molecule has 0 atom stereocenters. The number of hydrogen-bond donors (Lipinski definition) is 1. The number of likely N-dealkylation sites (tertiary alicyclic amines) is 1. The molecule has 110 valence electrons. The van der Waals surface area contributed by atoms with Crippen LogP contribution in [0.15, 0.2) is 18.2 Å². The molecule has 0 aromatic heterocycles. The van der Waals surface area contributed by atoms with Crippen LogP contribution in [-0.2, 0) is 11.4 Å². The maximum Gasteiger partial charge on any atom is 0.260 e. The van der Waals surface area contributed by atoms with Crippen molar-refractivity contribution in [3.05, 3.63) is 23.8 Å². The second kappa shape index (κ2) is 7.14. The quantitative estimate of drug-likeness (QED) is 0.889. The summed E-state index contributed by atoms with van der Waals surface area (Å²) in [7, 11) is 1.55. The Hall–Kier alpha value is -1.75. The summed E-state index contributed by atoms with van der Waals surface area (Å²) < 4.78 is 10.7. The van der Waals surface area contributed by atoms with Crippen molar-refractivity contribution in [2.45, 2.75) is 25.9 Å². The van der Waals surface area contributed by atoms with Crippen LogP contribution in [0.25, 0.3) is 0 Å². The lowest BCUT2D eigenvalue weighted by Crippen LogP contribution is -2.38. The second-order valence-corrected chi connectivity index (χ2v) is 4.87. The summed E-state index contributed by atoms with van der Waals surface area (Å²) in [6.07, 6.45) is 3.32. The summed E-state index contributed by atoms with van der Waals surface area (Å²) in [4.78, 5) is 13.9. The topological polar surface area (TPSA) is 59.0 Å². The molecule has 20 heavy (non-hydrogen) atoms. The van der Waals surface area contributed by atoms with Crippen LogP contribution >= 0.6 is 0 Å². The van der Waals surface area contributed by atoms with Crippen LogP contribution in [0.4, 0.5) is 0 Å². The van der Waals surface area contributed by atoms with Crippen molar-refractivity contribution in [2.24, 2.45) is 0 Å². The third-order valence-electron chi connectivity index (χ3n) is 3.47. The third kappa shape index (κ3) is 3.63. The first-order valence-corrected chi connectivity index (χ1v) is 6.93. The Kier molecular flexibility index (Phi) is 5.24. The lowest BCUT2D eigenvalue weighted by Gasteiger charge is -2.26. The van der Waals surface area contributed by atoms with Crippen molar-refractivity contribution in [3.8, 4) is 11.5 Å². The van der Waals surface area contributed by atoms with Gasteiger partial charge in [0.05, 0.1) is 13.7 Å². The van der Waals surface area contributed by atoms with E-state index in [2.05, 4.69) is 0 Å². The number of aliphatic hydroxyl groups excluding tert-OH is 1. The summed E-state index contributed by atoms with van der Waals surface area (Å²) in [5.74, 6) is 1.05. The highest BCUT2D eigenvalue weighted by atomic mass is 16.5. The first-order chi connectivity index (χ1) is 9.74. The molecule has 5 nitrogen and oxygen atoms in total. The van der Waals surface area contributed by atoms with E-state index in [1.54, 1.807) is 25.3 Å². The molecule has 1 amide bonds. The molecular weight excluding hydrogens is 258 g/mol. The van der Waals surface area contributed by atoms with Gasteiger partial charge in [-0.25, -0.2) is 0 Å². The smallest absolute Gasteiger partial charge is 0.260 e.